The number of carbonyl (C=O) groups excluding carboxylic acids is 4. The molecule has 8 nitrogen and oxygen atoms in total. The zero-order valence-corrected chi connectivity index (χ0v) is 17.7. The lowest BCUT2D eigenvalue weighted by Crippen LogP contribution is -2.42. The molecule has 1 saturated heterocycles. The van der Waals surface area contributed by atoms with Crippen LogP contribution in [0, 0.1) is 6.92 Å². The van der Waals surface area contributed by atoms with Crippen LogP contribution in [0.3, 0.4) is 0 Å². The lowest BCUT2D eigenvalue weighted by molar-refractivity contribution is -0.156. The topological polar surface area (TPSA) is 105 Å². The van der Waals surface area contributed by atoms with Gasteiger partial charge in [0.1, 0.15) is 12.1 Å². The minimum absolute atomic E-state index is 0.295. The minimum Gasteiger partial charge on any atom is -0.451 e. The van der Waals surface area contributed by atoms with E-state index in [0.717, 1.165) is 16.0 Å². The summed E-state index contributed by atoms with van der Waals surface area (Å²) in [6, 6.07) is 15.8. The summed E-state index contributed by atoms with van der Waals surface area (Å²) in [5.41, 5.74) is 1.26. The van der Waals surface area contributed by atoms with E-state index in [-0.39, 0.29) is 0 Å². The number of nitrogens with zero attached hydrogens (tertiary/aromatic N) is 1. The maximum atomic E-state index is 12.9. The maximum Gasteiger partial charge on any atom is 0.327 e. The average Bonchev–Trinajstić information content (AvgIpc) is 2.97. The summed E-state index contributed by atoms with van der Waals surface area (Å²) in [6.45, 7) is 4.65. The molecule has 2 aromatic rings. The van der Waals surface area contributed by atoms with Crippen LogP contribution in [0.1, 0.15) is 30.5 Å². The van der Waals surface area contributed by atoms with Gasteiger partial charge >= 0.3 is 12.0 Å². The summed E-state index contributed by atoms with van der Waals surface area (Å²) in [5.74, 6) is -1.88. The summed E-state index contributed by atoms with van der Waals surface area (Å²) < 4.78 is 5.12. The number of nitrogens with one attached hydrogen (secondary N) is 2. The van der Waals surface area contributed by atoms with E-state index in [1.54, 1.807) is 19.1 Å². The lowest BCUT2D eigenvalue weighted by atomic mass is 9.91. The van der Waals surface area contributed by atoms with Gasteiger partial charge in [-0.3, -0.25) is 19.3 Å². The second kappa shape index (κ2) is 8.99. The molecule has 0 aromatic heterocycles. The first-order valence-corrected chi connectivity index (χ1v) is 9.93. The van der Waals surface area contributed by atoms with Gasteiger partial charge in [0.05, 0.1) is 0 Å². The van der Waals surface area contributed by atoms with Crippen molar-refractivity contribution in [3.8, 4) is 0 Å². The number of carbonyl (C=O) groups is 4. The summed E-state index contributed by atoms with van der Waals surface area (Å²) >= 11 is 0. The van der Waals surface area contributed by atoms with Crippen molar-refractivity contribution in [1.29, 1.82) is 0 Å². The van der Waals surface area contributed by atoms with Crippen LogP contribution in [0.15, 0.2) is 54.6 Å². The number of rotatable bonds is 7. The van der Waals surface area contributed by atoms with Crippen LogP contribution >= 0.6 is 0 Å². The Bertz CT molecular complexity index is 990. The Morgan fingerprint density at radius 1 is 1.10 bits per heavy atom. The molecule has 0 saturated carbocycles. The summed E-state index contributed by atoms with van der Waals surface area (Å²) in [5, 5.41) is 5.31. The van der Waals surface area contributed by atoms with Crippen molar-refractivity contribution in [3.63, 3.8) is 0 Å². The molecule has 0 aliphatic carbocycles. The van der Waals surface area contributed by atoms with E-state index >= 15 is 0 Å². The van der Waals surface area contributed by atoms with E-state index in [9.17, 15) is 19.2 Å². The van der Waals surface area contributed by atoms with Gasteiger partial charge in [-0.05, 0) is 31.9 Å². The molecule has 0 bridgehead atoms. The van der Waals surface area contributed by atoms with Crippen molar-refractivity contribution in [2.75, 3.05) is 6.54 Å². The highest BCUT2D eigenvalue weighted by Gasteiger charge is 2.49. The van der Waals surface area contributed by atoms with Gasteiger partial charge in [0.2, 0.25) is 0 Å². The van der Waals surface area contributed by atoms with Gasteiger partial charge in [0.25, 0.3) is 11.8 Å². The Morgan fingerprint density at radius 3 is 2.39 bits per heavy atom. The van der Waals surface area contributed by atoms with Crippen LogP contribution in [-0.4, -0.2) is 41.4 Å². The van der Waals surface area contributed by atoms with E-state index in [1.165, 1.54) is 6.92 Å². The third-order valence-electron chi connectivity index (χ3n) is 5.18. The molecule has 8 heteroatoms. The molecule has 0 radical (unpaired) electrons. The van der Waals surface area contributed by atoms with E-state index in [2.05, 4.69) is 10.6 Å². The molecular formula is C23H25N3O5. The molecule has 3 rings (SSSR count). The number of ether oxygens (including phenoxy) is 1. The van der Waals surface area contributed by atoms with Gasteiger partial charge in [-0.2, -0.15) is 0 Å². The molecule has 2 atom stereocenters. The summed E-state index contributed by atoms with van der Waals surface area (Å²) in [4.78, 5) is 50.5. The number of hydrogen-bond donors (Lipinski definition) is 2. The second-order valence-electron chi connectivity index (χ2n) is 7.65. The number of amides is 4. The first-order valence-electron chi connectivity index (χ1n) is 9.93. The van der Waals surface area contributed by atoms with Crippen molar-refractivity contribution in [2.45, 2.75) is 39.0 Å². The monoisotopic (exact) mass is 423 g/mol. The molecule has 1 fully saturated rings. The van der Waals surface area contributed by atoms with Crippen molar-refractivity contribution >= 4 is 23.8 Å². The van der Waals surface area contributed by atoms with Crippen LogP contribution < -0.4 is 10.6 Å². The summed E-state index contributed by atoms with van der Waals surface area (Å²) in [6.07, 6.45) is -1.07. The Kier molecular flexibility index (Phi) is 6.39. The fraction of sp³-hybridized carbons (Fsp3) is 0.304. The lowest BCUT2D eigenvalue weighted by Gasteiger charge is -2.22. The number of aryl methyl sites for hydroxylation is 1. The van der Waals surface area contributed by atoms with Crippen LogP contribution in [-0.2, 0) is 31.2 Å². The van der Waals surface area contributed by atoms with Crippen molar-refractivity contribution in [3.05, 3.63) is 71.3 Å². The standard InChI is InChI=1S/C23H25N3O5/c1-15-9-11-18(12-10-15)23(3)21(29)26(22(30)25-23)14-19(27)31-16(2)20(28)24-13-17-7-5-4-6-8-17/h4-12,16H,13-14H2,1-3H3,(H,24,28)(H,25,30)/t16-,23+/m1/s1. The fourth-order valence-electron chi connectivity index (χ4n) is 3.27. The molecule has 0 spiro atoms. The van der Waals surface area contributed by atoms with Crippen LogP contribution in [0.5, 0.6) is 0 Å². The maximum absolute atomic E-state index is 12.9. The number of urea groups is 1. The van der Waals surface area contributed by atoms with Crippen LogP contribution in [0.25, 0.3) is 0 Å². The van der Waals surface area contributed by atoms with Gasteiger partial charge in [-0.1, -0.05) is 60.2 Å². The Labute approximate surface area is 180 Å². The van der Waals surface area contributed by atoms with Crippen molar-refractivity contribution < 1.29 is 23.9 Å². The number of hydrogen-bond acceptors (Lipinski definition) is 5. The Balaban J connectivity index is 1.57. The normalized spacial score (nSPS) is 19.0. The van der Waals surface area contributed by atoms with Crippen LogP contribution in [0.4, 0.5) is 4.79 Å². The third kappa shape index (κ3) is 4.91. The first-order chi connectivity index (χ1) is 14.7. The highest BCUT2D eigenvalue weighted by molar-refractivity contribution is 6.08. The largest absolute Gasteiger partial charge is 0.451 e. The molecular weight excluding hydrogens is 398 g/mol. The number of benzene rings is 2. The fourth-order valence-corrected chi connectivity index (χ4v) is 3.27. The van der Waals surface area contributed by atoms with Gasteiger partial charge in [-0.25, -0.2) is 4.79 Å². The molecule has 2 aromatic carbocycles. The zero-order valence-electron chi connectivity index (χ0n) is 17.7. The van der Waals surface area contributed by atoms with Crippen molar-refractivity contribution in [2.24, 2.45) is 0 Å². The van der Waals surface area contributed by atoms with Crippen LogP contribution in [0.2, 0.25) is 0 Å². The van der Waals surface area contributed by atoms with Gasteiger partial charge in [0, 0.05) is 6.54 Å². The predicted octanol–water partition coefficient (Wildman–Crippen LogP) is 2.01. The van der Waals surface area contributed by atoms with Gasteiger partial charge < -0.3 is 15.4 Å². The Hall–Kier alpha value is -3.68. The molecule has 162 valence electrons. The number of imide groups is 1. The highest BCUT2D eigenvalue weighted by Crippen LogP contribution is 2.28. The smallest absolute Gasteiger partial charge is 0.327 e. The SMILES string of the molecule is Cc1ccc([C@]2(C)NC(=O)N(CC(=O)O[C@H](C)C(=O)NCc3ccccc3)C2=O)cc1. The van der Waals surface area contributed by atoms with E-state index < -0.39 is 42.0 Å². The second-order valence-corrected chi connectivity index (χ2v) is 7.65. The van der Waals surface area contributed by atoms with Gasteiger partial charge in [-0.15, -0.1) is 0 Å². The minimum atomic E-state index is -1.27. The quantitative estimate of drug-likeness (QED) is 0.524. The third-order valence-corrected chi connectivity index (χ3v) is 5.18. The van der Waals surface area contributed by atoms with Gasteiger partial charge in [0.15, 0.2) is 6.10 Å². The molecule has 1 heterocycles. The molecule has 1 aliphatic heterocycles. The highest BCUT2D eigenvalue weighted by atomic mass is 16.5. The number of esters is 1. The molecule has 31 heavy (non-hydrogen) atoms. The zero-order chi connectivity index (χ0) is 22.6. The van der Waals surface area contributed by atoms with Crippen molar-refractivity contribution in [1.82, 2.24) is 15.5 Å². The first kappa shape index (κ1) is 22.0. The van der Waals surface area contributed by atoms with E-state index in [4.69, 9.17) is 4.74 Å². The predicted molar refractivity (Wildman–Crippen MR) is 113 cm³/mol. The van der Waals surface area contributed by atoms with E-state index in [0.29, 0.717) is 12.1 Å². The molecule has 0 unspecified atom stereocenters. The Morgan fingerprint density at radius 2 is 1.74 bits per heavy atom. The average molecular weight is 423 g/mol. The summed E-state index contributed by atoms with van der Waals surface area (Å²) in [7, 11) is 0. The molecule has 4 amide bonds. The molecule has 1 aliphatic rings. The molecule has 2 N–H and O–H groups in total. The van der Waals surface area contributed by atoms with E-state index in [1.807, 2.05) is 49.4 Å².